The fraction of sp³-hybridized carbons (Fsp3) is 0.333. The fourth-order valence-electron chi connectivity index (χ4n) is 1.07. The van der Waals surface area contributed by atoms with Crippen LogP contribution in [0.25, 0.3) is 0 Å². The van der Waals surface area contributed by atoms with Crippen LogP contribution in [-0.4, -0.2) is 16.1 Å². The summed E-state index contributed by atoms with van der Waals surface area (Å²) in [5, 5.41) is 8.44. The van der Waals surface area contributed by atoms with Gasteiger partial charge in [-0.3, -0.25) is 9.78 Å². The van der Waals surface area contributed by atoms with Gasteiger partial charge in [0, 0.05) is 11.8 Å². The number of rotatable bonds is 3. The van der Waals surface area contributed by atoms with E-state index in [0.29, 0.717) is 5.56 Å². The number of aliphatic carboxylic acids is 1. The normalized spacial score (nSPS) is 10.6. The second kappa shape index (κ2) is 4.13. The number of alkyl halides is 2. The lowest BCUT2D eigenvalue weighted by Gasteiger charge is -2.05. The van der Waals surface area contributed by atoms with E-state index in [2.05, 4.69) is 4.98 Å². The van der Waals surface area contributed by atoms with Gasteiger partial charge in [0.25, 0.3) is 6.43 Å². The summed E-state index contributed by atoms with van der Waals surface area (Å²) in [6, 6.07) is 1.13. The summed E-state index contributed by atoms with van der Waals surface area (Å²) >= 11 is 0. The van der Waals surface area contributed by atoms with Crippen LogP contribution in [0.1, 0.15) is 23.2 Å². The molecule has 0 atom stereocenters. The molecule has 0 bridgehead atoms. The van der Waals surface area contributed by atoms with Gasteiger partial charge in [-0.1, -0.05) is 0 Å². The summed E-state index contributed by atoms with van der Waals surface area (Å²) in [6.07, 6.45) is -1.66. The van der Waals surface area contributed by atoms with Gasteiger partial charge in [0.15, 0.2) is 0 Å². The van der Waals surface area contributed by atoms with Crippen molar-refractivity contribution in [2.45, 2.75) is 19.8 Å². The SMILES string of the molecule is Cc1cnc(CC(=O)O)cc1C(F)F. The van der Waals surface area contributed by atoms with Gasteiger partial charge in [-0.25, -0.2) is 8.78 Å². The van der Waals surface area contributed by atoms with E-state index in [1.54, 1.807) is 0 Å². The Bertz CT molecular complexity index is 353. The quantitative estimate of drug-likeness (QED) is 0.813. The molecular formula is C9H9F2NO2. The Morgan fingerprint density at radius 3 is 2.79 bits per heavy atom. The van der Waals surface area contributed by atoms with Crippen LogP contribution in [0.5, 0.6) is 0 Å². The zero-order chi connectivity index (χ0) is 10.7. The number of carboxylic acids is 1. The maximum Gasteiger partial charge on any atom is 0.309 e. The Morgan fingerprint density at radius 2 is 2.29 bits per heavy atom. The first kappa shape index (κ1) is 10.6. The second-order valence-electron chi connectivity index (χ2n) is 2.90. The third-order valence-electron chi connectivity index (χ3n) is 1.77. The van der Waals surface area contributed by atoms with Gasteiger partial charge in [0.2, 0.25) is 0 Å². The highest BCUT2D eigenvalue weighted by atomic mass is 19.3. The number of nitrogens with zero attached hydrogens (tertiary/aromatic N) is 1. The molecule has 1 aromatic heterocycles. The summed E-state index contributed by atoms with van der Waals surface area (Å²) in [4.78, 5) is 14.1. The third kappa shape index (κ3) is 2.48. The molecule has 0 spiro atoms. The summed E-state index contributed by atoms with van der Waals surface area (Å²) < 4.78 is 24.7. The molecule has 0 saturated carbocycles. The summed E-state index contributed by atoms with van der Waals surface area (Å²) in [5.41, 5.74) is 0.365. The number of aryl methyl sites for hydroxylation is 1. The minimum absolute atomic E-state index is 0.151. The lowest BCUT2D eigenvalue weighted by atomic mass is 10.1. The van der Waals surface area contributed by atoms with E-state index in [9.17, 15) is 13.6 Å². The number of hydrogen-bond donors (Lipinski definition) is 1. The van der Waals surface area contributed by atoms with Gasteiger partial charge in [0.1, 0.15) is 0 Å². The average molecular weight is 201 g/mol. The Kier molecular flexibility index (Phi) is 3.11. The molecule has 0 fully saturated rings. The molecule has 76 valence electrons. The highest BCUT2D eigenvalue weighted by Gasteiger charge is 2.12. The second-order valence-corrected chi connectivity index (χ2v) is 2.90. The van der Waals surface area contributed by atoms with E-state index in [1.165, 1.54) is 13.1 Å². The number of hydrogen-bond acceptors (Lipinski definition) is 2. The summed E-state index contributed by atoms with van der Waals surface area (Å²) in [6.45, 7) is 1.51. The minimum atomic E-state index is -2.59. The predicted molar refractivity (Wildman–Crippen MR) is 45.3 cm³/mol. The largest absolute Gasteiger partial charge is 0.481 e. The van der Waals surface area contributed by atoms with E-state index in [1.807, 2.05) is 0 Å². The van der Waals surface area contributed by atoms with Crippen molar-refractivity contribution in [2.75, 3.05) is 0 Å². The molecule has 0 unspecified atom stereocenters. The Morgan fingerprint density at radius 1 is 1.64 bits per heavy atom. The molecule has 1 aromatic rings. The Hall–Kier alpha value is -1.52. The fourth-order valence-corrected chi connectivity index (χ4v) is 1.07. The molecule has 0 saturated heterocycles. The highest BCUT2D eigenvalue weighted by Crippen LogP contribution is 2.22. The van der Waals surface area contributed by atoms with Crippen LogP contribution in [0.4, 0.5) is 8.78 Å². The number of halogens is 2. The van der Waals surface area contributed by atoms with Gasteiger partial charge >= 0.3 is 5.97 Å². The van der Waals surface area contributed by atoms with Crippen LogP contribution in [0.2, 0.25) is 0 Å². The van der Waals surface area contributed by atoms with E-state index in [0.717, 1.165) is 6.07 Å². The number of pyridine rings is 1. The summed E-state index contributed by atoms with van der Waals surface area (Å²) in [5.74, 6) is -1.08. The highest BCUT2D eigenvalue weighted by molar-refractivity contribution is 5.69. The van der Waals surface area contributed by atoms with Crippen molar-refractivity contribution in [2.24, 2.45) is 0 Å². The number of carbonyl (C=O) groups is 1. The third-order valence-corrected chi connectivity index (χ3v) is 1.77. The van der Waals surface area contributed by atoms with Crippen molar-refractivity contribution in [3.05, 3.63) is 29.1 Å². The Labute approximate surface area is 79.4 Å². The van der Waals surface area contributed by atoms with Gasteiger partial charge in [-0.05, 0) is 18.6 Å². The van der Waals surface area contributed by atoms with Crippen LogP contribution in [-0.2, 0) is 11.2 Å². The molecule has 1 N–H and O–H groups in total. The first-order chi connectivity index (χ1) is 6.50. The monoisotopic (exact) mass is 201 g/mol. The van der Waals surface area contributed by atoms with E-state index < -0.39 is 12.4 Å². The smallest absolute Gasteiger partial charge is 0.309 e. The van der Waals surface area contributed by atoms with Crippen molar-refractivity contribution in [3.63, 3.8) is 0 Å². The molecule has 0 aliphatic heterocycles. The Balaban J connectivity index is 3.00. The molecule has 0 aliphatic rings. The topological polar surface area (TPSA) is 50.2 Å². The van der Waals surface area contributed by atoms with Crippen molar-refractivity contribution in [1.82, 2.24) is 4.98 Å². The standard InChI is InChI=1S/C9H9F2NO2/c1-5-4-12-6(3-8(13)14)2-7(5)9(10)11/h2,4,9H,3H2,1H3,(H,13,14). The molecule has 3 nitrogen and oxygen atoms in total. The van der Waals surface area contributed by atoms with E-state index >= 15 is 0 Å². The molecule has 5 heteroatoms. The van der Waals surface area contributed by atoms with Crippen LogP contribution in [0.15, 0.2) is 12.3 Å². The average Bonchev–Trinajstić information content (AvgIpc) is 2.07. The molecule has 0 amide bonds. The van der Waals surface area contributed by atoms with Crippen molar-refractivity contribution in [3.8, 4) is 0 Å². The van der Waals surface area contributed by atoms with Crippen LogP contribution >= 0.6 is 0 Å². The number of carboxylic acid groups (broad SMARTS) is 1. The lowest BCUT2D eigenvalue weighted by Crippen LogP contribution is -2.04. The summed E-state index contributed by atoms with van der Waals surface area (Å²) in [7, 11) is 0. The van der Waals surface area contributed by atoms with Crippen molar-refractivity contribution in [1.29, 1.82) is 0 Å². The predicted octanol–water partition coefficient (Wildman–Crippen LogP) is 1.95. The van der Waals surface area contributed by atoms with Crippen molar-refractivity contribution < 1.29 is 18.7 Å². The molecule has 0 radical (unpaired) electrons. The zero-order valence-corrected chi connectivity index (χ0v) is 7.50. The molecule has 14 heavy (non-hydrogen) atoms. The van der Waals surface area contributed by atoms with Crippen molar-refractivity contribution >= 4 is 5.97 Å². The van der Waals surface area contributed by atoms with E-state index in [-0.39, 0.29) is 17.7 Å². The maximum absolute atomic E-state index is 12.4. The maximum atomic E-state index is 12.4. The first-order valence-electron chi connectivity index (χ1n) is 3.96. The van der Waals surface area contributed by atoms with Crippen LogP contribution < -0.4 is 0 Å². The van der Waals surface area contributed by atoms with Crippen LogP contribution in [0.3, 0.4) is 0 Å². The van der Waals surface area contributed by atoms with Gasteiger partial charge < -0.3 is 5.11 Å². The van der Waals surface area contributed by atoms with Crippen LogP contribution in [0, 0.1) is 6.92 Å². The van der Waals surface area contributed by atoms with Gasteiger partial charge in [0.05, 0.1) is 12.1 Å². The first-order valence-corrected chi connectivity index (χ1v) is 3.96. The van der Waals surface area contributed by atoms with E-state index in [4.69, 9.17) is 5.11 Å². The molecule has 0 aromatic carbocycles. The minimum Gasteiger partial charge on any atom is -0.481 e. The molecule has 1 heterocycles. The molecular weight excluding hydrogens is 192 g/mol. The molecule has 0 aliphatic carbocycles. The lowest BCUT2D eigenvalue weighted by molar-refractivity contribution is -0.136. The number of aromatic nitrogens is 1. The molecule has 1 rings (SSSR count). The van der Waals surface area contributed by atoms with Gasteiger partial charge in [-0.15, -0.1) is 0 Å². The zero-order valence-electron chi connectivity index (χ0n) is 7.50. The van der Waals surface area contributed by atoms with Gasteiger partial charge in [-0.2, -0.15) is 0 Å².